The monoisotopic (exact) mass is 435 g/mol. The van der Waals surface area contributed by atoms with E-state index in [1.807, 2.05) is 6.07 Å². The van der Waals surface area contributed by atoms with Gasteiger partial charge in [0.05, 0.1) is 10.5 Å². The first-order valence-electron chi connectivity index (χ1n) is 8.36. The molecule has 1 N–H and O–H groups in total. The number of nitrogens with one attached hydrogen (secondary N) is 1. The van der Waals surface area contributed by atoms with E-state index >= 15 is 0 Å². The molecule has 3 aromatic rings. The van der Waals surface area contributed by atoms with Gasteiger partial charge in [-0.3, -0.25) is 14.9 Å². The highest BCUT2D eigenvalue weighted by Crippen LogP contribution is 2.35. The molecule has 9 heteroatoms. The molecule has 0 atom stereocenters. The van der Waals surface area contributed by atoms with Crippen molar-refractivity contribution in [1.82, 2.24) is 5.32 Å². The molecule has 0 aliphatic carbocycles. The maximum absolute atomic E-state index is 13.1. The lowest BCUT2D eigenvalue weighted by Gasteiger charge is -2.13. The SMILES string of the molecule is O=C1NC(=O)C(=Cc2cc3ccc(OCc4ccccc4C(F)(F)F)cc3s2)S1. The van der Waals surface area contributed by atoms with Crippen molar-refractivity contribution in [3.63, 3.8) is 0 Å². The van der Waals surface area contributed by atoms with E-state index in [0.717, 1.165) is 32.8 Å². The van der Waals surface area contributed by atoms with Gasteiger partial charge in [-0.15, -0.1) is 11.3 Å². The van der Waals surface area contributed by atoms with Gasteiger partial charge in [-0.25, -0.2) is 0 Å². The molecule has 1 saturated heterocycles. The lowest BCUT2D eigenvalue weighted by atomic mass is 10.1. The van der Waals surface area contributed by atoms with E-state index < -0.39 is 22.9 Å². The number of amides is 2. The zero-order chi connectivity index (χ0) is 20.6. The quantitative estimate of drug-likeness (QED) is 0.525. The first kappa shape index (κ1) is 19.5. The Labute approximate surface area is 171 Å². The van der Waals surface area contributed by atoms with Crippen molar-refractivity contribution in [3.8, 4) is 5.75 Å². The van der Waals surface area contributed by atoms with Gasteiger partial charge >= 0.3 is 6.18 Å². The van der Waals surface area contributed by atoms with E-state index in [4.69, 9.17) is 4.74 Å². The van der Waals surface area contributed by atoms with Crippen LogP contribution in [-0.4, -0.2) is 11.1 Å². The van der Waals surface area contributed by atoms with Gasteiger partial charge in [0.2, 0.25) is 0 Å². The summed E-state index contributed by atoms with van der Waals surface area (Å²) in [5.41, 5.74) is -0.654. The number of imide groups is 1. The number of hydrogen-bond donors (Lipinski definition) is 1. The summed E-state index contributed by atoms with van der Waals surface area (Å²) in [7, 11) is 0. The second-order valence-corrected chi connectivity index (χ2v) is 8.27. The third-order valence-electron chi connectivity index (χ3n) is 4.14. The van der Waals surface area contributed by atoms with E-state index in [9.17, 15) is 22.8 Å². The first-order chi connectivity index (χ1) is 13.8. The predicted molar refractivity (Wildman–Crippen MR) is 107 cm³/mol. The van der Waals surface area contributed by atoms with Crippen LogP contribution in [0.4, 0.5) is 18.0 Å². The van der Waals surface area contributed by atoms with Gasteiger partial charge in [0.1, 0.15) is 12.4 Å². The van der Waals surface area contributed by atoms with Crippen LogP contribution in [0, 0.1) is 0 Å². The van der Waals surface area contributed by atoms with E-state index in [2.05, 4.69) is 5.32 Å². The van der Waals surface area contributed by atoms with Gasteiger partial charge < -0.3 is 4.74 Å². The Hall–Kier alpha value is -2.78. The fraction of sp³-hybridized carbons (Fsp3) is 0.100. The van der Waals surface area contributed by atoms with Crippen LogP contribution >= 0.6 is 23.1 Å². The number of hydrogen-bond acceptors (Lipinski definition) is 5. The minimum atomic E-state index is -4.44. The topological polar surface area (TPSA) is 55.4 Å². The minimum absolute atomic E-state index is 0.0608. The molecule has 148 valence electrons. The number of thiophene rings is 1. The number of thioether (sulfide) groups is 1. The minimum Gasteiger partial charge on any atom is -0.489 e. The summed E-state index contributed by atoms with van der Waals surface area (Å²) >= 11 is 2.23. The normalized spacial score (nSPS) is 15.9. The smallest absolute Gasteiger partial charge is 0.416 e. The summed E-state index contributed by atoms with van der Waals surface area (Å²) in [5.74, 6) is 0.0171. The van der Waals surface area contributed by atoms with Crippen molar-refractivity contribution in [3.05, 3.63) is 69.4 Å². The molecule has 4 rings (SSSR count). The number of rotatable bonds is 4. The number of fused-ring (bicyclic) bond motifs is 1. The van der Waals surface area contributed by atoms with Crippen molar-refractivity contribution in [2.75, 3.05) is 0 Å². The summed E-state index contributed by atoms with van der Waals surface area (Å²) in [5, 5.41) is 2.70. The van der Waals surface area contributed by atoms with Gasteiger partial charge in [0.15, 0.2) is 0 Å². The summed E-state index contributed by atoms with van der Waals surface area (Å²) in [6, 6.07) is 12.4. The van der Waals surface area contributed by atoms with Crippen LogP contribution in [0.3, 0.4) is 0 Å². The molecule has 0 spiro atoms. The van der Waals surface area contributed by atoms with Crippen molar-refractivity contribution >= 4 is 50.4 Å². The van der Waals surface area contributed by atoms with Crippen LogP contribution in [0.15, 0.2) is 53.4 Å². The third-order valence-corrected chi connectivity index (χ3v) is 6.00. The average molecular weight is 435 g/mol. The highest BCUT2D eigenvalue weighted by atomic mass is 32.2. The molecular formula is C20H12F3NO3S2. The second kappa shape index (κ2) is 7.57. The zero-order valence-corrected chi connectivity index (χ0v) is 16.2. The fourth-order valence-corrected chi connectivity index (χ4v) is 4.61. The first-order valence-corrected chi connectivity index (χ1v) is 9.99. The third kappa shape index (κ3) is 4.30. The van der Waals surface area contributed by atoms with Crippen LogP contribution in [0.5, 0.6) is 5.75 Å². The summed E-state index contributed by atoms with van der Waals surface area (Å²) in [6.07, 6.45) is -2.80. The molecule has 1 aromatic heterocycles. The van der Waals surface area contributed by atoms with Crippen LogP contribution in [0.25, 0.3) is 16.2 Å². The van der Waals surface area contributed by atoms with Crippen molar-refractivity contribution in [2.24, 2.45) is 0 Å². The number of carbonyl (C=O) groups excluding carboxylic acids is 2. The Morgan fingerprint density at radius 2 is 1.86 bits per heavy atom. The second-order valence-electron chi connectivity index (χ2n) is 6.14. The van der Waals surface area contributed by atoms with Crippen LogP contribution in [0.2, 0.25) is 0 Å². The lowest BCUT2D eigenvalue weighted by Crippen LogP contribution is -2.17. The number of halogens is 3. The maximum atomic E-state index is 13.1. The van der Waals surface area contributed by atoms with Crippen LogP contribution in [0.1, 0.15) is 16.0 Å². The van der Waals surface area contributed by atoms with Gasteiger partial charge in [-0.2, -0.15) is 13.2 Å². The summed E-state index contributed by atoms with van der Waals surface area (Å²) < 4.78 is 45.7. The fourth-order valence-electron chi connectivity index (χ4n) is 2.83. The summed E-state index contributed by atoms with van der Waals surface area (Å²) in [4.78, 5) is 24.0. The van der Waals surface area contributed by atoms with Crippen LogP contribution in [-0.2, 0) is 17.6 Å². The van der Waals surface area contributed by atoms with Gasteiger partial charge in [0.25, 0.3) is 11.1 Å². The Bertz CT molecular complexity index is 1150. The van der Waals surface area contributed by atoms with E-state index in [1.54, 1.807) is 24.3 Å². The predicted octanol–water partition coefficient (Wildman–Crippen LogP) is 5.82. The molecule has 0 saturated carbocycles. The molecule has 1 aliphatic rings. The summed E-state index contributed by atoms with van der Waals surface area (Å²) in [6.45, 7) is -0.206. The van der Waals surface area contributed by atoms with E-state index in [1.165, 1.54) is 29.5 Å². The van der Waals surface area contributed by atoms with E-state index in [0.29, 0.717) is 10.7 Å². The van der Waals surface area contributed by atoms with Gasteiger partial charge in [-0.05, 0) is 53.6 Å². The van der Waals surface area contributed by atoms with Crippen molar-refractivity contribution < 1.29 is 27.5 Å². The Balaban J connectivity index is 1.54. The van der Waals surface area contributed by atoms with Crippen molar-refractivity contribution in [2.45, 2.75) is 12.8 Å². The molecule has 4 nitrogen and oxygen atoms in total. The largest absolute Gasteiger partial charge is 0.489 e. The number of benzene rings is 2. The number of carbonyl (C=O) groups is 2. The molecule has 2 aromatic carbocycles. The maximum Gasteiger partial charge on any atom is 0.416 e. The highest BCUT2D eigenvalue weighted by molar-refractivity contribution is 8.18. The molecule has 0 radical (unpaired) electrons. The molecule has 0 unspecified atom stereocenters. The molecule has 29 heavy (non-hydrogen) atoms. The highest BCUT2D eigenvalue weighted by Gasteiger charge is 2.33. The average Bonchev–Trinajstić information content (AvgIpc) is 3.20. The zero-order valence-electron chi connectivity index (χ0n) is 14.6. The molecule has 1 fully saturated rings. The van der Waals surface area contributed by atoms with Crippen LogP contribution < -0.4 is 10.1 Å². The Kier molecular flexibility index (Phi) is 5.10. The standard InChI is InChI=1S/C20H12F3NO3S2/c21-20(22,23)15-4-2-1-3-12(15)10-27-13-6-5-11-7-14(28-16(11)8-13)9-17-18(25)24-19(26)29-17/h1-9H,10H2,(H,24,25,26). The molecule has 2 heterocycles. The van der Waals surface area contributed by atoms with Gasteiger partial charge in [0, 0.05) is 15.1 Å². The Morgan fingerprint density at radius 1 is 1.07 bits per heavy atom. The molecule has 1 aliphatic heterocycles. The van der Waals surface area contributed by atoms with E-state index in [-0.39, 0.29) is 12.2 Å². The molecule has 0 bridgehead atoms. The molecule has 2 amide bonds. The number of alkyl halides is 3. The Morgan fingerprint density at radius 3 is 2.59 bits per heavy atom. The lowest BCUT2D eigenvalue weighted by molar-refractivity contribution is -0.138. The number of ether oxygens (including phenoxy) is 1. The van der Waals surface area contributed by atoms with Crippen molar-refractivity contribution in [1.29, 1.82) is 0 Å². The van der Waals surface area contributed by atoms with Gasteiger partial charge in [-0.1, -0.05) is 18.2 Å². The molecular weight excluding hydrogens is 423 g/mol.